The second-order valence-electron chi connectivity index (χ2n) is 4.98. The molecular weight excluding hydrogens is 202 g/mol. The van der Waals surface area contributed by atoms with Gasteiger partial charge in [-0.15, -0.1) is 0 Å². The molecule has 0 saturated heterocycles. The molecule has 3 nitrogen and oxygen atoms in total. The van der Waals surface area contributed by atoms with Crippen molar-refractivity contribution in [3.05, 3.63) is 30.5 Å². The highest BCUT2D eigenvalue weighted by Crippen LogP contribution is 2.24. The second kappa shape index (κ2) is 3.37. The van der Waals surface area contributed by atoms with Crippen LogP contribution in [0.15, 0.2) is 30.5 Å². The number of rotatable bonds is 0. The first-order chi connectivity index (χ1) is 7.39. The maximum Gasteiger partial charge on any atom is 0.236 e. The van der Waals surface area contributed by atoms with Crippen LogP contribution in [0.3, 0.4) is 0 Å². The Morgan fingerprint density at radius 3 is 2.56 bits per heavy atom. The van der Waals surface area contributed by atoms with E-state index in [0.29, 0.717) is 0 Å². The summed E-state index contributed by atoms with van der Waals surface area (Å²) < 4.78 is 1.59. The molecule has 0 aliphatic rings. The summed E-state index contributed by atoms with van der Waals surface area (Å²) in [4.78, 5) is 12.1. The van der Waals surface area contributed by atoms with E-state index in [-0.39, 0.29) is 11.7 Å². The van der Waals surface area contributed by atoms with Gasteiger partial charge in [-0.25, -0.2) is 0 Å². The smallest absolute Gasteiger partial charge is 0.236 e. The van der Waals surface area contributed by atoms with Crippen molar-refractivity contribution in [3.8, 4) is 5.75 Å². The van der Waals surface area contributed by atoms with Crippen LogP contribution in [0, 0.1) is 5.41 Å². The molecule has 0 unspecified atom stereocenters. The van der Waals surface area contributed by atoms with E-state index in [1.54, 1.807) is 29.0 Å². The van der Waals surface area contributed by atoms with Crippen LogP contribution in [0.4, 0.5) is 0 Å². The molecule has 16 heavy (non-hydrogen) atoms. The zero-order chi connectivity index (χ0) is 11.9. The van der Waals surface area contributed by atoms with Crippen LogP contribution in [-0.2, 0) is 0 Å². The maximum absolute atomic E-state index is 12.1. The Morgan fingerprint density at radius 2 is 1.94 bits per heavy atom. The molecule has 1 N–H and O–H groups in total. The van der Waals surface area contributed by atoms with Gasteiger partial charge in [0.1, 0.15) is 5.75 Å². The normalized spacial score (nSPS) is 11.9. The Kier molecular flexibility index (Phi) is 2.26. The van der Waals surface area contributed by atoms with Crippen LogP contribution >= 0.6 is 0 Å². The first-order valence-electron chi connectivity index (χ1n) is 5.24. The standard InChI is InChI=1S/C13H15NO2/c1-13(2,3)12(16)14-7-6-9-4-5-10(15)8-11(9)14/h4-8,15H,1-3H3. The highest BCUT2D eigenvalue weighted by atomic mass is 16.3. The Labute approximate surface area is 94.3 Å². The van der Waals surface area contributed by atoms with Gasteiger partial charge in [-0.3, -0.25) is 9.36 Å². The van der Waals surface area contributed by atoms with Crippen LogP contribution in [0.25, 0.3) is 10.9 Å². The minimum absolute atomic E-state index is 0.0214. The molecule has 0 bridgehead atoms. The van der Waals surface area contributed by atoms with Crippen molar-refractivity contribution >= 4 is 16.8 Å². The van der Waals surface area contributed by atoms with Crippen LogP contribution in [0.5, 0.6) is 5.75 Å². The summed E-state index contributed by atoms with van der Waals surface area (Å²) in [5, 5.41) is 10.4. The summed E-state index contributed by atoms with van der Waals surface area (Å²) in [5.74, 6) is 0.197. The molecular formula is C13H15NO2. The van der Waals surface area contributed by atoms with E-state index in [0.717, 1.165) is 10.9 Å². The lowest BCUT2D eigenvalue weighted by Gasteiger charge is -2.17. The fourth-order valence-electron chi connectivity index (χ4n) is 1.66. The molecule has 1 heterocycles. The SMILES string of the molecule is CC(C)(C)C(=O)n1ccc2ccc(O)cc21. The minimum atomic E-state index is -0.433. The van der Waals surface area contributed by atoms with Crippen LogP contribution in [-0.4, -0.2) is 15.6 Å². The van der Waals surface area contributed by atoms with Crippen molar-refractivity contribution in [1.82, 2.24) is 4.57 Å². The molecule has 0 aliphatic heterocycles. The van der Waals surface area contributed by atoms with E-state index in [2.05, 4.69) is 0 Å². The topological polar surface area (TPSA) is 42.2 Å². The second-order valence-corrected chi connectivity index (χ2v) is 4.98. The van der Waals surface area contributed by atoms with Crippen molar-refractivity contribution < 1.29 is 9.90 Å². The van der Waals surface area contributed by atoms with Crippen molar-refractivity contribution in [2.45, 2.75) is 20.8 Å². The predicted molar refractivity (Wildman–Crippen MR) is 63.7 cm³/mol. The third-order valence-electron chi connectivity index (χ3n) is 2.54. The van der Waals surface area contributed by atoms with Crippen LogP contribution in [0.1, 0.15) is 25.6 Å². The number of hydrogen-bond donors (Lipinski definition) is 1. The number of fused-ring (bicyclic) bond motifs is 1. The molecule has 0 radical (unpaired) electrons. The fourth-order valence-corrected chi connectivity index (χ4v) is 1.66. The highest BCUT2D eigenvalue weighted by Gasteiger charge is 2.23. The number of hydrogen-bond acceptors (Lipinski definition) is 2. The number of phenols is 1. The van der Waals surface area contributed by atoms with Gasteiger partial charge in [-0.1, -0.05) is 20.8 Å². The minimum Gasteiger partial charge on any atom is -0.508 e. The van der Waals surface area contributed by atoms with Gasteiger partial charge in [0.05, 0.1) is 5.52 Å². The molecule has 0 fully saturated rings. The molecule has 0 atom stereocenters. The molecule has 2 rings (SSSR count). The van der Waals surface area contributed by atoms with E-state index in [9.17, 15) is 9.90 Å². The summed E-state index contributed by atoms with van der Waals surface area (Å²) in [6.07, 6.45) is 1.75. The molecule has 0 aliphatic carbocycles. The Balaban J connectivity index is 2.62. The monoisotopic (exact) mass is 217 g/mol. The fraction of sp³-hybridized carbons (Fsp3) is 0.308. The molecule has 84 valence electrons. The quantitative estimate of drug-likeness (QED) is 0.737. The summed E-state index contributed by atoms with van der Waals surface area (Å²) in [6, 6.07) is 6.91. The van der Waals surface area contributed by atoms with E-state index < -0.39 is 5.41 Å². The molecule has 0 saturated carbocycles. The van der Waals surface area contributed by atoms with Gasteiger partial charge in [-0.05, 0) is 18.2 Å². The Bertz CT molecular complexity index is 547. The van der Waals surface area contributed by atoms with Gasteiger partial charge < -0.3 is 5.11 Å². The largest absolute Gasteiger partial charge is 0.508 e. The van der Waals surface area contributed by atoms with E-state index in [1.165, 1.54) is 0 Å². The van der Waals surface area contributed by atoms with Crippen molar-refractivity contribution in [1.29, 1.82) is 0 Å². The number of aromatic hydroxyl groups is 1. The molecule has 0 amide bonds. The number of carbonyl (C=O) groups excluding carboxylic acids is 1. The zero-order valence-electron chi connectivity index (χ0n) is 9.69. The number of nitrogens with zero attached hydrogens (tertiary/aromatic N) is 1. The molecule has 2 aromatic rings. The zero-order valence-corrected chi connectivity index (χ0v) is 9.69. The van der Waals surface area contributed by atoms with Gasteiger partial charge in [0.15, 0.2) is 0 Å². The van der Waals surface area contributed by atoms with Crippen LogP contribution in [0.2, 0.25) is 0 Å². The molecule has 3 heteroatoms. The summed E-state index contributed by atoms with van der Waals surface area (Å²) in [5.41, 5.74) is 0.317. The van der Waals surface area contributed by atoms with Gasteiger partial charge in [0.25, 0.3) is 0 Å². The number of aromatic nitrogens is 1. The molecule has 1 aromatic heterocycles. The molecule has 1 aromatic carbocycles. The predicted octanol–water partition coefficient (Wildman–Crippen LogP) is 3.03. The summed E-state index contributed by atoms with van der Waals surface area (Å²) in [6.45, 7) is 5.64. The average molecular weight is 217 g/mol. The van der Waals surface area contributed by atoms with Gasteiger partial charge in [-0.2, -0.15) is 0 Å². The van der Waals surface area contributed by atoms with Gasteiger partial charge in [0, 0.05) is 23.1 Å². The van der Waals surface area contributed by atoms with E-state index >= 15 is 0 Å². The number of phenolic OH excluding ortho intramolecular Hbond substituents is 1. The number of carbonyl (C=O) groups is 1. The van der Waals surface area contributed by atoms with Crippen molar-refractivity contribution in [2.24, 2.45) is 5.41 Å². The third-order valence-corrected chi connectivity index (χ3v) is 2.54. The summed E-state index contributed by atoms with van der Waals surface area (Å²) in [7, 11) is 0. The van der Waals surface area contributed by atoms with Crippen LogP contribution < -0.4 is 0 Å². The Hall–Kier alpha value is -1.77. The van der Waals surface area contributed by atoms with E-state index in [4.69, 9.17) is 0 Å². The lowest BCUT2D eigenvalue weighted by Crippen LogP contribution is -2.25. The average Bonchev–Trinajstić information content (AvgIpc) is 2.57. The van der Waals surface area contributed by atoms with Crippen molar-refractivity contribution in [3.63, 3.8) is 0 Å². The maximum atomic E-state index is 12.1. The lowest BCUT2D eigenvalue weighted by molar-refractivity contribution is 0.0772. The highest BCUT2D eigenvalue weighted by molar-refractivity contribution is 5.95. The van der Waals surface area contributed by atoms with Gasteiger partial charge in [0.2, 0.25) is 5.91 Å². The lowest BCUT2D eigenvalue weighted by atomic mass is 9.95. The first kappa shape index (κ1) is 10.7. The summed E-state index contributed by atoms with van der Waals surface area (Å²) >= 11 is 0. The van der Waals surface area contributed by atoms with E-state index in [1.807, 2.05) is 26.8 Å². The third kappa shape index (κ3) is 1.69. The van der Waals surface area contributed by atoms with Gasteiger partial charge >= 0.3 is 0 Å². The van der Waals surface area contributed by atoms with Crippen molar-refractivity contribution in [2.75, 3.05) is 0 Å². The number of benzene rings is 1. The Morgan fingerprint density at radius 1 is 1.25 bits per heavy atom. The first-order valence-corrected chi connectivity index (χ1v) is 5.24. The molecule has 0 spiro atoms.